The topological polar surface area (TPSA) is 52.1 Å². The van der Waals surface area contributed by atoms with E-state index in [0.717, 1.165) is 56.5 Å². The van der Waals surface area contributed by atoms with E-state index in [-0.39, 0.29) is 17.8 Å². The van der Waals surface area contributed by atoms with Gasteiger partial charge in [-0.1, -0.05) is 60.6 Å². The van der Waals surface area contributed by atoms with E-state index in [0.29, 0.717) is 11.3 Å². The zero-order chi connectivity index (χ0) is 22.0. The van der Waals surface area contributed by atoms with Crippen LogP contribution >= 0.6 is 39.0 Å². The first-order valence-electron chi connectivity index (χ1n) is 10.6. The van der Waals surface area contributed by atoms with Crippen LogP contribution in [0.2, 0.25) is 0 Å². The molecular weight excluding hydrogens is 492 g/mol. The Bertz CT molecular complexity index is 1050. The summed E-state index contributed by atoms with van der Waals surface area (Å²) < 4.78 is 6.83. The molecule has 1 fully saturated rings. The fourth-order valence-electron chi connectivity index (χ4n) is 4.19. The number of fused-ring (bicyclic) bond motifs is 1. The molecule has 2 aromatic heterocycles. The van der Waals surface area contributed by atoms with Crippen molar-refractivity contribution in [2.24, 2.45) is 11.3 Å². The van der Waals surface area contributed by atoms with Gasteiger partial charge in [-0.2, -0.15) is 0 Å². The van der Waals surface area contributed by atoms with Crippen molar-refractivity contribution in [1.82, 2.24) is 9.97 Å². The van der Waals surface area contributed by atoms with Gasteiger partial charge in [-0.15, -0.1) is 11.3 Å². The van der Waals surface area contributed by atoms with Crippen molar-refractivity contribution in [3.05, 3.63) is 40.4 Å². The zero-order valence-corrected chi connectivity index (χ0v) is 21.3. The number of hydrogen-bond donors (Lipinski definition) is 0. The highest BCUT2D eigenvalue weighted by Crippen LogP contribution is 2.40. The molecule has 4 rings (SSSR count). The number of thiophene rings is 1. The summed E-state index contributed by atoms with van der Waals surface area (Å²) in [6, 6.07) is 8.22. The second kappa shape index (κ2) is 9.59. The van der Waals surface area contributed by atoms with Crippen molar-refractivity contribution in [2.75, 3.05) is 5.75 Å². The third-order valence-corrected chi connectivity index (χ3v) is 8.39. The van der Waals surface area contributed by atoms with Gasteiger partial charge >= 0.3 is 5.97 Å². The standard InChI is InChI=1S/C24H27BrN2O2S2/c1-24(2,3)16-6-10-18(11-7-16)29-20(28)13-31-23-21-19(12-30-22(21)26-14-27-23)15-4-8-17(25)9-5-15/h4-5,8-9,12,14,16,18H,6-7,10-11,13H2,1-3H3. The van der Waals surface area contributed by atoms with Gasteiger partial charge in [-0.25, -0.2) is 9.97 Å². The molecule has 4 nitrogen and oxygen atoms in total. The number of nitrogens with zero attached hydrogens (tertiary/aromatic N) is 2. The summed E-state index contributed by atoms with van der Waals surface area (Å²) in [5, 5.41) is 3.95. The van der Waals surface area contributed by atoms with E-state index < -0.39 is 0 Å². The van der Waals surface area contributed by atoms with Crippen molar-refractivity contribution < 1.29 is 9.53 Å². The lowest BCUT2D eigenvalue weighted by Gasteiger charge is -2.36. The molecule has 0 spiro atoms. The fourth-order valence-corrected chi connectivity index (χ4v) is 6.23. The first-order valence-corrected chi connectivity index (χ1v) is 13.3. The molecule has 0 atom stereocenters. The zero-order valence-electron chi connectivity index (χ0n) is 18.1. The van der Waals surface area contributed by atoms with E-state index in [1.807, 2.05) is 12.1 Å². The number of esters is 1. The highest BCUT2D eigenvalue weighted by molar-refractivity contribution is 9.10. The van der Waals surface area contributed by atoms with Crippen LogP contribution in [-0.2, 0) is 9.53 Å². The first-order chi connectivity index (χ1) is 14.8. The highest BCUT2D eigenvalue weighted by atomic mass is 79.9. The van der Waals surface area contributed by atoms with E-state index in [4.69, 9.17) is 4.74 Å². The van der Waals surface area contributed by atoms with Gasteiger partial charge in [0.2, 0.25) is 0 Å². The molecule has 164 valence electrons. The number of thioether (sulfide) groups is 1. The summed E-state index contributed by atoms with van der Waals surface area (Å²) in [5.41, 5.74) is 2.55. The Labute approximate surface area is 200 Å². The van der Waals surface area contributed by atoms with Gasteiger partial charge in [0.25, 0.3) is 0 Å². The lowest BCUT2D eigenvalue weighted by atomic mass is 9.72. The van der Waals surface area contributed by atoms with Crippen LogP contribution in [0.1, 0.15) is 46.5 Å². The predicted molar refractivity (Wildman–Crippen MR) is 133 cm³/mol. The van der Waals surface area contributed by atoms with Crippen LogP contribution < -0.4 is 0 Å². The van der Waals surface area contributed by atoms with Crippen LogP contribution in [0, 0.1) is 11.3 Å². The molecule has 0 bridgehead atoms. The smallest absolute Gasteiger partial charge is 0.316 e. The molecule has 1 saturated carbocycles. The molecule has 0 unspecified atom stereocenters. The second-order valence-corrected chi connectivity index (χ2v) is 11.9. The summed E-state index contributed by atoms with van der Waals surface area (Å²) >= 11 is 6.53. The van der Waals surface area contributed by atoms with E-state index in [1.165, 1.54) is 11.8 Å². The van der Waals surface area contributed by atoms with Gasteiger partial charge in [-0.3, -0.25) is 4.79 Å². The molecule has 0 N–H and O–H groups in total. The number of ether oxygens (including phenoxy) is 1. The lowest BCUT2D eigenvalue weighted by molar-refractivity contribution is -0.148. The van der Waals surface area contributed by atoms with Crippen molar-refractivity contribution in [2.45, 2.75) is 57.6 Å². The molecule has 0 saturated heterocycles. The number of aromatic nitrogens is 2. The third kappa shape index (κ3) is 5.49. The Hall–Kier alpha value is -1.44. The largest absolute Gasteiger partial charge is 0.462 e. The number of carbonyl (C=O) groups excluding carboxylic acids is 1. The van der Waals surface area contributed by atoms with Gasteiger partial charge in [0.15, 0.2) is 0 Å². The Kier molecular flexibility index (Phi) is 7.04. The molecule has 1 aliphatic carbocycles. The van der Waals surface area contributed by atoms with Crippen molar-refractivity contribution in [3.8, 4) is 11.1 Å². The Morgan fingerprint density at radius 1 is 1.16 bits per heavy atom. The molecule has 31 heavy (non-hydrogen) atoms. The van der Waals surface area contributed by atoms with Gasteiger partial charge in [0.05, 0.1) is 11.1 Å². The molecular formula is C24H27BrN2O2S2. The molecule has 0 radical (unpaired) electrons. The second-order valence-electron chi connectivity index (χ2n) is 9.13. The average Bonchev–Trinajstić information content (AvgIpc) is 3.17. The maximum atomic E-state index is 12.5. The molecule has 3 aromatic rings. The maximum Gasteiger partial charge on any atom is 0.316 e. The molecule has 0 aliphatic heterocycles. The maximum absolute atomic E-state index is 12.5. The minimum atomic E-state index is -0.156. The Morgan fingerprint density at radius 2 is 1.87 bits per heavy atom. The van der Waals surface area contributed by atoms with Crippen LogP contribution in [0.5, 0.6) is 0 Å². The van der Waals surface area contributed by atoms with E-state index in [2.05, 4.69) is 64.2 Å². The Balaban J connectivity index is 1.41. The summed E-state index contributed by atoms with van der Waals surface area (Å²) in [5.74, 6) is 0.819. The fraction of sp³-hybridized carbons (Fsp3) is 0.458. The molecule has 1 aliphatic rings. The number of hydrogen-bond acceptors (Lipinski definition) is 6. The van der Waals surface area contributed by atoms with Gasteiger partial charge in [0.1, 0.15) is 22.3 Å². The molecule has 7 heteroatoms. The van der Waals surface area contributed by atoms with Gasteiger partial charge in [-0.05, 0) is 54.7 Å². The molecule has 1 aromatic carbocycles. The van der Waals surface area contributed by atoms with Crippen molar-refractivity contribution >= 4 is 55.2 Å². The number of rotatable bonds is 5. The number of halogens is 1. The van der Waals surface area contributed by atoms with Crippen LogP contribution in [0.3, 0.4) is 0 Å². The minimum absolute atomic E-state index is 0.0524. The van der Waals surface area contributed by atoms with Crippen molar-refractivity contribution in [3.63, 3.8) is 0 Å². The minimum Gasteiger partial charge on any atom is -0.462 e. The highest BCUT2D eigenvalue weighted by Gasteiger charge is 2.31. The average molecular weight is 520 g/mol. The summed E-state index contributed by atoms with van der Waals surface area (Å²) in [4.78, 5) is 22.4. The number of carbonyl (C=O) groups is 1. The summed E-state index contributed by atoms with van der Waals surface area (Å²) in [6.45, 7) is 6.90. The van der Waals surface area contributed by atoms with Crippen LogP contribution in [0.4, 0.5) is 0 Å². The van der Waals surface area contributed by atoms with Crippen LogP contribution in [0.15, 0.2) is 45.5 Å². The van der Waals surface area contributed by atoms with Crippen LogP contribution in [-0.4, -0.2) is 27.8 Å². The first kappa shape index (κ1) is 22.7. The third-order valence-electron chi connectivity index (χ3n) is 6.01. The molecule has 2 heterocycles. The van der Waals surface area contributed by atoms with Gasteiger partial charge in [0, 0.05) is 15.4 Å². The SMILES string of the molecule is CC(C)(C)C1CCC(OC(=O)CSc2ncnc3scc(-c4ccc(Br)cc4)c23)CC1. The quantitative estimate of drug-likeness (QED) is 0.200. The molecule has 0 amide bonds. The normalized spacial score (nSPS) is 19.5. The predicted octanol–water partition coefficient (Wildman–Crippen LogP) is 7.36. The summed E-state index contributed by atoms with van der Waals surface area (Å²) in [7, 11) is 0. The monoisotopic (exact) mass is 518 g/mol. The summed E-state index contributed by atoms with van der Waals surface area (Å²) in [6.07, 6.45) is 5.82. The van der Waals surface area contributed by atoms with E-state index >= 15 is 0 Å². The van der Waals surface area contributed by atoms with E-state index in [1.54, 1.807) is 17.7 Å². The Morgan fingerprint density at radius 3 is 2.55 bits per heavy atom. The lowest BCUT2D eigenvalue weighted by Crippen LogP contribution is -2.30. The van der Waals surface area contributed by atoms with E-state index in [9.17, 15) is 4.79 Å². The van der Waals surface area contributed by atoms with Crippen molar-refractivity contribution in [1.29, 1.82) is 0 Å². The van der Waals surface area contributed by atoms with Crippen LogP contribution in [0.25, 0.3) is 21.3 Å². The van der Waals surface area contributed by atoms with Gasteiger partial charge < -0.3 is 4.74 Å². The number of benzene rings is 1.